The molecular formula is C30H25NO7. The maximum Gasteiger partial charge on any atom is 0.343 e. The summed E-state index contributed by atoms with van der Waals surface area (Å²) in [6.07, 6.45) is 1.23. The quantitative estimate of drug-likeness (QED) is 0.187. The van der Waals surface area contributed by atoms with Crippen molar-refractivity contribution >= 4 is 28.8 Å². The smallest absolute Gasteiger partial charge is 0.343 e. The number of benzene rings is 3. The molecule has 0 spiro atoms. The Balaban J connectivity index is 1.37. The molecule has 0 saturated carbocycles. The van der Waals surface area contributed by atoms with Gasteiger partial charge in [0.25, 0.3) is 11.8 Å². The molecule has 5 rings (SSSR count). The summed E-state index contributed by atoms with van der Waals surface area (Å²) in [5, 5.41) is 0.263. The van der Waals surface area contributed by atoms with Gasteiger partial charge in [0.15, 0.2) is 0 Å². The second-order valence-corrected chi connectivity index (χ2v) is 9.72. The average Bonchev–Trinajstić information content (AvgIpc) is 3.11. The number of ether oxygens (including phenoxy) is 2. The monoisotopic (exact) mass is 511 g/mol. The molecule has 0 unspecified atom stereocenters. The van der Waals surface area contributed by atoms with E-state index in [0.29, 0.717) is 12.3 Å². The van der Waals surface area contributed by atoms with E-state index in [1.54, 1.807) is 0 Å². The standard InChI is InChI=1S/C30H25NO7/c1-16(2)14-31-28(33)21-9-7-19(12-23(21)29(31)34)30(35)37-20-8-10-22-25(13-20)36-15-26(27(22)32)38-24-11-17(3)5-6-18(24)4/h5-13,15-16H,14H2,1-4H3. The third kappa shape index (κ3) is 4.56. The average molecular weight is 512 g/mol. The van der Waals surface area contributed by atoms with Crippen molar-refractivity contribution in [1.82, 2.24) is 4.90 Å². The Morgan fingerprint density at radius 1 is 0.895 bits per heavy atom. The van der Waals surface area contributed by atoms with Crippen molar-refractivity contribution in [3.8, 4) is 17.2 Å². The molecule has 1 aliphatic rings. The fourth-order valence-electron chi connectivity index (χ4n) is 4.28. The molecule has 0 bridgehead atoms. The molecule has 0 aliphatic carbocycles. The Bertz CT molecular complexity index is 1680. The Hall–Kier alpha value is -4.72. The van der Waals surface area contributed by atoms with Gasteiger partial charge in [-0.15, -0.1) is 0 Å². The van der Waals surface area contributed by atoms with Crippen LogP contribution in [0, 0.1) is 19.8 Å². The molecule has 0 radical (unpaired) electrons. The van der Waals surface area contributed by atoms with Gasteiger partial charge >= 0.3 is 5.97 Å². The lowest BCUT2D eigenvalue weighted by molar-refractivity contribution is 0.0635. The third-order valence-corrected chi connectivity index (χ3v) is 6.24. The summed E-state index contributed by atoms with van der Waals surface area (Å²) in [4.78, 5) is 52.3. The predicted molar refractivity (Wildman–Crippen MR) is 140 cm³/mol. The largest absolute Gasteiger partial charge is 0.460 e. The molecule has 0 saturated heterocycles. The maximum atomic E-state index is 13.0. The number of aryl methyl sites for hydroxylation is 2. The van der Waals surface area contributed by atoms with Crippen LogP contribution in [-0.4, -0.2) is 29.2 Å². The van der Waals surface area contributed by atoms with Gasteiger partial charge < -0.3 is 13.9 Å². The van der Waals surface area contributed by atoms with Crippen LogP contribution in [0.2, 0.25) is 0 Å². The number of hydrogen-bond acceptors (Lipinski definition) is 7. The van der Waals surface area contributed by atoms with Gasteiger partial charge in [-0.25, -0.2) is 4.79 Å². The van der Waals surface area contributed by atoms with E-state index in [4.69, 9.17) is 13.9 Å². The van der Waals surface area contributed by atoms with Gasteiger partial charge in [0.2, 0.25) is 11.2 Å². The van der Waals surface area contributed by atoms with Crippen LogP contribution in [0.4, 0.5) is 0 Å². The summed E-state index contributed by atoms with van der Waals surface area (Å²) in [6, 6.07) is 14.4. The lowest BCUT2D eigenvalue weighted by Gasteiger charge is -2.15. The number of nitrogens with zero attached hydrogens (tertiary/aromatic N) is 1. The van der Waals surface area contributed by atoms with E-state index in [0.717, 1.165) is 11.1 Å². The van der Waals surface area contributed by atoms with Gasteiger partial charge in [-0.2, -0.15) is 0 Å². The fraction of sp³-hybridized carbons (Fsp3) is 0.200. The van der Waals surface area contributed by atoms with Crippen LogP contribution in [0.15, 0.2) is 70.1 Å². The van der Waals surface area contributed by atoms with Gasteiger partial charge in [0.1, 0.15) is 23.3 Å². The summed E-state index contributed by atoms with van der Waals surface area (Å²) in [5.41, 5.74) is 2.28. The number of rotatable bonds is 6. The molecule has 8 heteroatoms. The Morgan fingerprint density at radius 2 is 1.66 bits per heavy atom. The normalized spacial score (nSPS) is 12.8. The van der Waals surface area contributed by atoms with Crippen molar-refractivity contribution in [1.29, 1.82) is 0 Å². The summed E-state index contributed by atoms with van der Waals surface area (Å²) in [7, 11) is 0. The molecule has 192 valence electrons. The minimum absolute atomic E-state index is 0.0415. The summed E-state index contributed by atoms with van der Waals surface area (Å²) in [5.74, 6) is -0.651. The van der Waals surface area contributed by atoms with Gasteiger partial charge in [-0.05, 0) is 67.3 Å². The number of hydrogen-bond donors (Lipinski definition) is 0. The molecule has 2 amide bonds. The topological polar surface area (TPSA) is 103 Å². The van der Waals surface area contributed by atoms with Crippen molar-refractivity contribution in [2.24, 2.45) is 5.92 Å². The Labute approximate surface area is 218 Å². The van der Waals surface area contributed by atoms with E-state index in [9.17, 15) is 19.2 Å². The number of fused-ring (bicyclic) bond motifs is 2. The van der Waals surface area contributed by atoms with Crippen LogP contribution in [0.5, 0.6) is 17.2 Å². The lowest BCUT2D eigenvalue weighted by atomic mass is 10.1. The first-order chi connectivity index (χ1) is 18.1. The highest BCUT2D eigenvalue weighted by molar-refractivity contribution is 6.22. The number of esters is 1. The molecule has 0 fully saturated rings. The van der Waals surface area contributed by atoms with Crippen molar-refractivity contribution in [3.63, 3.8) is 0 Å². The second kappa shape index (κ2) is 9.63. The number of carbonyl (C=O) groups excluding carboxylic acids is 3. The summed E-state index contributed by atoms with van der Waals surface area (Å²) in [6.45, 7) is 7.94. The van der Waals surface area contributed by atoms with E-state index in [1.165, 1.54) is 47.6 Å². The van der Waals surface area contributed by atoms with Crippen LogP contribution in [0.3, 0.4) is 0 Å². The second-order valence-electron chi connectivity index (χ2n) is 9.72. The van der Waals surface area contributed by atoms with Gasteiger partial charge in [0.05, 0.1) is 22.1 Å². The van der Waals surface area contributed by atoms with E-state index in [-0.39, 0.29) is 56.4 Å². The van der Waals surface area contributed by atoms with E-state index >= 15 is 0 Å². The molecule has 8 nitrogen and oxygen atoms in total. The van der Waals surface area contributed by atoms with Crippen molar-refractivity contribution in [2.45, 2.75) is 27.7 Å². The molecule has 38 heavy (non-hydrogen) atoms. The van der Waals surface area contributed by atoms with Crippen molar-refractivity contribution < 1.29 is 28.3 Å². The van der Waals surface area contributed by atoms with Crippen LogP contribution in [0.1, 0.15) is 56.0 Å². The van der Waals surface area contributed by atoms with Gasteiger partial charge in [-0.3, -0.25) is 19.3 Å². The molecule has 1 aliphatic heterocycles. The van der Waals surface area contributed by atoms with Gasteiger partial charge in [-0.1, -0.05) is 26.0 Å². The molecule has 3 aromatic carbocycles. The fourth-order valence-corrected chi connectivity index (χ4v) is 4.28. The van der Waals surface area contributed by atoms with Gasteiger partial charge in [0, 0.05) is 12.6 Å². The number of amides is 2. The van der Waals surface area contributed by atoms with E-state index < -0.39 is 11.9 Å². The van der Waals surface area contributed by atoms with E-state index in [2.05, 4.69) is 0 Å². The first kappa shape index (κ1) is 25.0. The van der Waals surface area contributed by atoms with Crippen molar-refractivity contribution in [2.75, 3.05) is 6.54 Å². The maximum absolute atomic E-state index is 13.0. The van der Waals surface area contributed by atoms with Crippen LogP contribution < -0.4 is 14.9 Å². The molecule has 0 atom stereocenters. The molecule has 1 aromatic heterocycles. The Morgan fingerprint density at radius 3 is 2.42 bits per heavy atom. The minimum atomic E-state index is -0.716. The highest BCUT2D eigenvalue weighted by atomic mass is 16.5. The van der Waals surface area contributed by atoms with Crippen LogP contribution >= 0.6 is 0 Å². The minimum Gasteiger partial charge on any atom is -0.460 e. The number of carbonyl (C=O) groups is 3. The zero-order valence-electron chi connectivity index (χ0n) is 21.4. The highest BCUT2D eigenvalue weighted by Gasteiger charge is 2.36. The zero-order valence-corrected chi connectivity index (χ0v) is 21.4. The first-order valence-electron chi connectivity index (χ1n) is 12.2. The molecular weight excluding hydrogens is 486 g/mol. The van der Waals surface area contributed by atoms with E-state index in [1.807, 2.05) is 45.9 Å². The first-order valence-corrected chi connectivity index (χ1v) is 12.2. The molecule has 0 N–H and O–H groups in total. The zero-order chi connectivity index (χ0) is 27.1. The Kier molecular flexibility index (Phi) is 6.32. The highest BCUT2D eigenvalue weighted by Crippen LogP contribution is 2.28. The lowest BCUT2D eigenvalue weighted by Crippen LogP contribution is -2.33. The van der Waals surface area contributed by atoms with Crippen LogP contribution in [-0.2, 0) is 0 Å². The SMILES string of the molecule is Cc1ccc(C)c(Oc2coc3cc(OC(=O)c4ccc5c(c4)C(=O)N(CC(C)C)C5=O)ccc3c2=O)c1. The third-order valence-electron chi connectivity index (χ3n) is 6.24. The summed E-state index contributed by atoms with van der Waals surface area (Å²) < 4.78 is 16.9. The summed E-state index contributed by atoms with van der Waals surface area (Å²) >= 11 is 0. The van der Waals surface area contributed by atoms with Crippen molar-refractivity contribution in [3.05, 3.63) is 98.9 Å². The molecule has 2 heterocycles. The number of imide groups is 1. The molecule has 4 aromatic rings. The van der Waals surface area contributed by atoms with Crippen LogP contribution in [0.25, 0.3) is 11.0 Å². The predicted octanol–water partition coefficient (Wildman–Crippen LogP) is 5.67.